The van der Waals surface area contributed by atoms with Gasteiger partial charge in [0.25, 0.3) is 20.2 Å². The Bertz CT molecular complexity index is 692. The van der Waals surface area contributed by atoms with Gasteiger partial charge in [-0.25, -0.2) is 4.79 Å². The molecule has 0 bridgehead atoms. The van der Waals surface area contributed by atoms with Gasteiger partial charge in [-0.15, -0.1) is 0 Å². The molecule has 0 aromatic heterocycles. The third-order valence-corrected chi connectivity index (χ3v) is 5.71. The molecule has 0 rings (SSSR count). The van der Waals surface area contributed by atoms with E-state index in [0.717, 1.165) is 0 Å². The van der Waals surface area contributed by atoms with E-state index in [4.69, 9.17) is 18.6 Å². The number of carbonyl (C=O) groups excluding carboxylic acids is 2. The van der Waals surface area contributed by atoms with Crippen LogP contribution in [0.4, 0.5) is 0 Å². The smallest absolute Gasteiger partial charge is 0.333 e. The van der Waals surface area contributed by atoms with E-state index < -0.39 is 49.1 Å². The highest BCUT2D eigenvalue weighted by atomic mass is 32.2. The maximum Gasteiger partial charge on any atom is 0.333 e. The minimum atomic E-state index is -4.22. The van der Waals surface area contributed by atoms with E-state index in [1.54, 1.807) is 0 Å². The van der Waals surface area contributed by atoms with Gasteiger partial charge < -0.3 is 9.47 Å². The van der Waals surface area contributed by atoms with Gasteiger partial charge in [0.05, 0.1) is 30.1 Å². The summed E-state index contributed by atoms with van der Waals surface area (Å²) in [7, 11) is -8.43. The Morgan fingerprint density at radius 1 is 0.920 bits per heavy atom. The summed E-state index contributed by atoms with van der Waals surface area (Å²) in [5.41, 5.74) is -0.229. The molecule has 0 aromatic rings. The van der Waals surface area contributed by atoms with Crippen molar-refractivity contribution in [1.29, 1.82) is 0 Å². The average molecular weight is 402 g/mol. The lowest BCUT2D eigenvalue weighted by Gasteiger charge is -2.11. The van der Waals surface area contributed by atoms with Crippen molar-refractivity contribution >= 4 is 32.2 Å². The van der Waals surface area contributed by atoms with Crippen molar-refractivity contribution in [3.05, 3.63) is 12.2 Å². The largest absolute Gasteiger partial charge is 0.465 e. The highest BCUT2D eigenvalue weighted by molar-refractivity contribution is 7.86. The van der Waals surface area contributed by atoms with E-state index in [9.17, 15) is 26.4 Å². The van der Waals surface area contributed by atoms with Crippen LogP contribution in [-0.4, -0.2) is 61.6 Å². The first-order valence-corrected chi connectivity index (χ1v) is 10.2. The van der Waals surface area contributed by atoms with Crippen LogP contribution in [0.15, 0.2) is 12.2 Å². The summed E-state index contributed by atoms with van der Waals surface area (Å²) in [5, 5.41) is -2.21. The summed E-state index contributed by atoms with van der Waals surface area (Å²) in [4.78, 5) is 23.1. The maximum atomic E-state index is 11.6. The number of esters is 2. The van der Waals surface area contributed by atoms with Crippen LogP contribution < -0.4 is 0 Å². The van der Waals surface area contributed by atoms with Crippen molar-refractivity contribution in [1.82, 2.24) is 0 Å². The van der Waals surface area contributed by atoms with Gasteiger partial charge in [0.2, 0.25) is 0 Å². The van der Waals surface area contributed by atoms with Gasteiger partial charge in [-0.05, 0) is 13.8 Å². The predicted molar refractivity (Wildman–Crippen MR) is 86.9 cm³/mol. The molecule has 0 saturated heterocycles. The average Bonchev–Trinajstić information content (AvgIpc) is 2.44. The fraction of sp³-hybridized carbons (Fsp3) is 0.692. The lowest BCUT2D eigenvalue weighted by molar-refractivity contribution is -0.146. The molecule has 2 atom stereocenters. The summed E-state index contributed by atoms with van der Waals surface area (Å²) in [6, 6.07) is 0. The summed E-state index contributed by atoms with van der Waals surface area (Å²) < 4.78 is 70.0. The molecule has 2 N–H and O–H groups in total. The van der Waals surface area contributed by atoms with E-state index in [-0.39, 0.29) is 31.6 Å². The van der Waals surface area contributed by atoms with Crippen molar-refractivity contribution in [3.8, 4) is 0 Å². The Kier molecular flexibility index (Phi) is 9.26. The van der Waals surface area contributed by atoms with Gasteiger partial charge in [0, 0.05) is 18.4 Å². The Morgan fingerprint density at radius 3 is 1.72 bits per heavy atom. The molecular formula is C13H22O10S2. The van der Waals surface area contributed by atoms with E-state index in [1.807, 2.05) is 0 Å². The van der Waals surface area contributed by atoms with Crippen LogP contribution in [0.2, 0.25) is 0 Å². The quantitative estimate of drug-likeness (QED) is 0.280. The van der Waals surface area contributed by atoms with Crippen molar-refractivity contribution in [2.75, 3.05) is 13.2 Å². The highest BCUT2D eigenvalue weighted by Crippen LogP contribution is 2.08. The van der Waals surface area contributed by atoms with Crippen LogP contribution in [0.3, 0.4) is 0 Å². The van der Waals surface area contributed by atoms with Crippen LogP contribution in [0.1, 0.15) is 33.1 Å². The molecule has 146 valence electrons. The standard InChI is InChI=1S/C13H22O10S2/c1-9(13(15)23-7-5-11(3)25(19,20)21)8-12(14)22-6-4-10(2)24(16,17)18/h10-11H,1,4-8H2,2-3H3,(H,16,17,18)(H,19,20,21). The summed E-state index contributed by atoms with van der Waals surface area (Å²) in [6.07, 6.45) is -0.738. The molecule has 0 saturated carbocycles. The van der Waals surface area contributed by atoms with Crippen molar-refractivity contribution in [2.24, 2.45) is 0 Å². The molecule has 0 aromatic carbocycles. The van der Waals surface area contributed by atoms with E-state index in [2.05, 4.69) is 6.58 Å². The summed E-state index contributed by atoms with van der Waals surface area (Å²) >= 11 is 0. The third-order valence-electron chi connectivity index (χ3n) is 3.21. The van der Waals surface area contributed by atoms with E-state index in [1.165, 1.54) is 13.8 Å². The number of rotatable bonds is 11. The van der Waals surface area contributed by atoms with Crippen LogP contribution in [0.25, 0.3) is 0 Å². The number of ether oxygens (including phenoxy) is 2. The maximum absolute atomic E-state index is 11.6. The monoisotopic (exact) mass is 402 g/mol. The van der Waals surface area contributed by atoms with Gasteiger partial charge in [-0.3, -0.25) is 13.9 Å². The normalized spacial score (nSPS) is 14.4. The second-order valence-electron chi connectivity index (χ2n) is 5.37. The molecule has 0 amide bonds. The Balaban J connectivity index is 4.15. The van der Waals surface area contributed by atoms with Gasteiger partial charge >= 0.3 is 11.9 Å². The minimum absolute atomic E-state index is 0.116. The molecule has 10 nitrogen and oxygen atoms in total. The first kappa shape index (κ1) is 23.5. The zero-order valence-corrected chi connectivity index (χ0v) is 15.5. The van der Waals surface area contributed by atoms with Gasteiger partial charge in [-0.1, -0.05) is 6.58 Å². The molecule has 0 aliphatic heterocycles. The number of hydrogen-bond donors (Lipinski definition) is 2. The summed E-state index contributed by atoms with van der Waals surface area (Å²) in [5.74, 6) is -1.76. The second-order valence-corrected chi connectivity index (χ2v) is 9.03. The lowest BCUT2D eigenvalue weighted by Crippen LogP contribution is -2.21. The van der Waals surface area contributed by atoms with E-state index >= 15 is 0 Å². The number of carbonyl (C=O) groups is 2. The molecule has 12 heteroatoms. The first-order valence-electron chi connectivity index (χ1n) is 7.18. The Morgan fingerprint density at radius 2 is 1.32 bits per heavy atom. The number of hydrogen-bond acceptors (Lipinski definition) is 8. The Labute approximate surface area is 146 Å². The van der Waals surface area contributed by atoms with Crippen LogP contribution in [-0.2, 0) is 39.3 Å². The molecule has 0 spiro atoms. The molecule has 0 heterocycles. The molecule has 25 heavy (non-hydrogen) atoms. The van der Waals surface area contributed by atoms with Crippen LogP contribution >= 0.6 is 0 Å². The summed E-state index contributed by atoms with van der Waals surface area (Å²) in [6.45, 7) is 5.27. The molecule has 0 aliphatic rings. The van der Waals surface area contributed by atoms with Crippen molar-refractivity contribution in [2.45, 2.75) is 43.6 Å². The van der Waals surface area contributed by atoms with Crippen LogP contribution in [0, 0.1) is 0 Å². The molecule has 0 aliphatic carbocycles. The first-order chi connectivity index (χ1) is 11.2. The van der Waals surface area contributed by atoms with Gasteiger partial charge in [0.1, 0.15) is 0 Å². The minimum Gasteiger partial charge on any atom is -0.465 e. The SMILES string of the molecule is C=C(CC(=O)OCCC(C)S(=O)(=O)O)C(=O)OCCC(C)S(=O)(=O)O. The van der Waals surface area contributed by atoms with Crippen molar-refractivity contribution in [3.63, 3.8) is 0 Å². The highest BCUT2D eigenvalue weighted by Gasteiger charge is 2.20. The fourth-order valence-corrected chi connectivity index (χ4v) is 2.14. The van der Waals surface area contributed by atoms with Crippen LogP contribution in [0.5, 0.6) is 0 Å². The third kappa shape index (κ3) is 10.2. The van der Waals surface area contributed by atoms with E-state index in [0.29, 0.717) is 0 Å². The topological polar surface area (TPSA) is 161 Å². The van der Waals surface area contributed by atoms with Gasteiger partial charge in [0.15, 0.2) is 0 Å². The molecule has 2 unspecified atom stereocenters. The van der Waals surface area contributed by atoms with Crippen molar-refractivity contribution < 1.29 is 45.0 Å². The predicted octanol–water partition coefficient (Wildman–Crippen LogP) is 0.352. The second kappa shape index (κ2) is 9.85. The molecular weight excluding hydrogens is 380 g/mol. The lowest BCUT2D eigenvalue weighted by atomic mass is 10.2. The fourth-order valence-electron chi connectivity index (χ4n) is 1.35. The molecule has 0 radical (unpaired) electrons. The zero-order chi connectivity index (χ0) is 19.8. The van der Waals surface area contributed by atoms with Gasteiger partial charge in [-0.2, -0.15) is 16.8 Å². The Hall–Kier alpha value is -1.50. The molecule has 0 fully saturated rings. The zero-order valence-electron chi connectivity index (χ0n) is 13.9.